The first kappa shape index (κ1) is 17.5. The summed E-state index contributed by atoms with van der Waals surface area (Å²) in [7, 11) is 0. The Labute approximate surface area is 152 Å². The third-order valence-electron chi connectivity index (χ3n) is 4.82. The maximum atomic E-state index is 14.3. The maximum Gasteiger partial charge on any atom is 0.266 e. The van der Waals surface area contributed by atoms with Crippen molar-refractivity contribution in [2.24, 2.45) is 10.8 Å². The molecule has 3 N–H and O–H groups in total. The number of carbonyl (C=O) groups is 1. The molecule has 0 radical (unpaired) electrons. The summed E-state index contributed by atoms with van der Waals surface area (Å²) in [6, 6.07) is 4.00. The Bertz CT molecular complexity index is 949. The van der Waals surface area contributed by atoms with Gasteiger partial charge in [-0.2, -0.15) is 0 Å². The van der Waals surface area contributed by atoms with Crippen molar-refractivity contribution >= 4 is 11.7 Å². The fourth-order valence-electron chi connectivity index (χ4n) is 3.58. The summed E-state index contributed by atoms with van der Waals surface area (Å²) < 4.78 is 42.2. The normalized spacial score (nSPS) is 21.2. The number of nitrogens with two attached hydrogens (primary N) is 1. The predicted molar refractivity (Wildman–Crippen MR) is 91.4 cm³/mol. The number of aromatic nitrogens is 1. The molecule has 1 amide bonds. The van der Waals surface area contributed by atoms with Crippen LogP contribution >= 0.6 is 0 Å². The Morgan fingerprint density at radius 2 is 2.11 bits per heavy atom. The molecule has 6 nitrogen and oxygen atoms in total. The number of aliphatic imine (C=N–C) groups is 1. The van der Waals surface area contributed by atoms with E-state index in [1.165, 1.54) is 6.20 Å². The standard InChI is InChI=1S/C18H16F3N5O/c19-10-1-2-14(21)12(4-10)16-5-11(20)8-26(16)17-13-3-9(18(27)25-22)6-23-15(13)7-24-17/h1-4,6,11,16H,5,7-8,22H2,(H,25,27)/t11-,16+/m0/s1. The predicted octanol–water partition coefficient (Wildman–Crippen LogP) is 2.01. The van der Waals surface area contributed by atoms with E-state index in [2.05, 4.69) is 9.98 Å². The van der Waals surface area contributed by atoms with Crippen molar-refractivity contribution in [3.8, 4) is 0 Å². The number of alkyl halides is 1. The van der Waals surface area contributed by atoms with Gasteiger partial charge in [0, 0.05) is 23.7 Å². The number of nitrogens with zero attached hydrogens (tertiary/aromatic N) is 3. The number of hydrogen-bond acceptors (Lipinski definition) is 5. The average molecular weight is 375 g/mol. The van der Waals surface area contributed by atoms with Crippen LogP contribution < -0.4 is 11.3 Å². The van der Waals surface area contributed by atoms with Crippen molar-refractivity contribution in [2.45, 2.75) is 25.2 Å². The summed E-state index contributed by atoms with van der Waals surface area (Å²) in [6.45, 7) is 0.257. The van der Waals surface area contributed by atoms with Crippen LogP contribution in [0.4, 0.5) is 13.2 Å². The van der Waals surface area contributed by atoms with E-state index in [1.54, 1.807) is 11.0 Å². The minimum Gasteiger partial charge on any atom is -0.346 e. The third-order valence-corrected chi connectivity index (χ3v) is 4.82. The van der Waals surface area contributed by atoms with Crippen LogP contribution in [0.25, 0.3) is 0 Å². The number of benzene rings is 1. The maximum absolute atomic E-state index is 14.3. The van der Waals surface area contributed by atoms with Gasteiger partial charge >= 0.3 is 0 Å². The zero-order chi connectivity index (χ0) is 19.1. The van der Waals surface area contributed by atoms with Crippen molar-refractivity contribution in [2.75, 3.05) is 6.54 Å². The zero-order valence-electron chi connectivity index (χ0n) is 14.1. The summed E-state index contributed by atoms with van der Waals surface area (Å²) in [5.41, 5.74) is 3.53. The summed E-state index contributed by atoms with van der Waals surface area (Å²) in [5.74, 6) is 3.86. The van der Waals surface area contributed by atoms with Gasteiger partial charge in [0.1, 0.15) is 23.6 Å². The number of hydrogen-bond donors (Lipinski definition) is 2. The average Bonchev–Trinajstić information content (AvgIpc) is 3.25. The number of halogens is 3. The van der Waals surface area contributed by atoms with Gasteiger partial charge in [0.05, 0.1) is 30.4 Å². The third kappa shape index (κ3) is 3.03. The molecule has 1 aromatic carbocycles. The van der Waals surface area contributed by atoms with E-state index in [9.17, 15) is 18.0 Å². The van der Waals surface area contributed by atoms with Crippen molar-refractivity contribution in [1.29, 1.82) is 0 Å². The van der Waals surface area contributed by atoms with Crippen LogP contribution in [0.15, 0.2) is 35.5 Å². The molecule has 9 heteroatoms. The lowest BCUT2D eigenvalue weighted by atomic mass is 10.0. The molecule has 2 aliphatic heterocycles. The summed E-state index contributed by atoms with van der Waals surface area (Å²) in [5, 5.41) is 0. The van der Waals surface area contributed by atoms with Gasteiger partial charge in [0.15, 0.2) is 0 Å². The molecule has 0 saturated carbocycles. The van der Waals surface area contributed by atoms with Crippen LogP contribution in [0.3, 0.4) is 0 Å². The van der Waals surface area contributed by atoms with E-state index in [0.717, 1.165) is 18.2 Å². The molecule has 1 aromatic heterocycles. The molecule has 2 aliphatic rings. The van der Waals surface area contributed by atoms with Gasteiger partial charge < -0.3 is 4.90 Å². The lowest BCUT2D eigenvalue weighted by molar-refractivity contribution is 0.0953. The summed E-state index contributed by atoms with van der Waals surface area (Å²) in [6.07, 6.45) is 0.184. The molecule has 2 atom stereocenters. The smallest absolute Gasteiger partial charge is 0.266 e. The molecule has 0 bridgehead atoms. The second-order valence-electron chi connectivity index (χ2n) is 6.50. The molecule has 27 heavy (non-hydrogen) atoms. The first-order valence-electron chi connectivity index (χ1n) is 8.38. The van der Waals surface area contributed by atoms with Gasteiger partial charge in [0.25, 0.3) is 5.91 Å². The fourth-order valence-corrected chi connectivity index (χ4v) is 3.58. The molecule has 1 fully saturated rings. The molecule has 0 aliphatic carbocycles. The molecular weight excluding hydrogens is 359 g/mol. The minimum atomic E-state index is -1.21. The van der Waals surface area contributed by atoms with Crippen LogP contribution in [0.5, 0.6) is 0 Å². The first-order chi connectivity index (χ1) is 13.0. The Morgan fingerprint density at radius 3 is 2.89 bits per heavy atom. The quantitative estimate of drug-likeness (QED) is 0.478. The SMILES string of the molecule is NNC(=O)c1cnc2c(c1)C(N1C[C@@H](F)C[C@@H]1c1cc(F)ccc1F)=NC2. The fraction of sp³-hybridized carbons (Fsp3) is 0.278. The zero-order valence-corrected chi connectivity index (χ0v) is 14.1. The molecule has 4 rings (SSSR count). The van der Waals surface area contributed by atoms with Crippen LogP contribution in [-0.4, -0.2) is 34.3 Å². The highest BCUT2D eigenvalue weighted by atomic mass is 19.1. The Hall–Kier alpha value is -2.94. The summed E-state index contributed by atoms with van der Waals surface area (Å²) >= 11 is 0. The van der Waals surface area contributed by atoms with Crippen molar-refractivity contribution in [1.82, 2.24) is 15.3 Å². The van der Waals surface area contributed by atoms with Gasteiger partial charge in [-0.3, -0.25) is 20.2 Å². The largest absolute Gasteiger partial charge is 0.346 e. The van der Waals surface area contributed by atoms with Crippen LogP contribution in [0.1, 0.15) is 39.6 Å². The van der Waals surface area contributed by atoms with Gasteiger partial charge in [-0.1, -0.05) is 0 Å². The highest BCUT2D eigenvalue weighted by molar-refractivity contribution is 6.04. The topological polar surface area (TPSA) is 83.6 Å². The van der Waals surface area contributed by atoms with E-state index in [1.807, 2.05) is 5.43 Å². The van der Waals surface area contributed by atoms with Crippen molar-refractivity contribution in [3.05, 3.63) is 64.5 Å². The van der Waals surface area contributed by atoms with Gasteiger partial charge in [-0.15, -0.1) is 0 Å². The number of carbonyl (C=O) groups excluding carboxylic acids is 1. The van der Waals surface area contributed by atoms with E-state index >= 15 is 0 Å². The number of nitrogen functional groups attached to an aromatic ring is 1. The number of rotatable bonds is 2. The number of nitrogens with one attached hydrogen (secondary N) is 1. The van der Waals surface area contributed by atoms with Crippen LogP contribution in [0.2, 0.25) is 0 Å². The second-order valence-corrected chi connectivity index (χ2v) is 6.50. The molecule has 0 unspecified atom stereocenters. The number of hydrazine groups is 1. The lowest BCUT2D eigenvalue weighted by Crippen LogP contribution is -2.33. The minimum absolute atomic E-state index is 0.00773. The first-order valence-corrected chi connectivity index (χ1v) is 8.38. The highest BCUT2D eigenvalue weighted by Gasteiger charge is 2.39. The van der Waals surface area contributed by atoms with Crippen molar-refractivity contribution in [3.63, 3.8) is 0 Å². The van der Waals surface area contributed by atoms with Gasteiger partial charge in [0.2, 0.25) is 0 Å². The molecule has 140 valence electrons. The van der Waals surface area contributed by atoms with E-state index in [4.69, 9.17) is 5.84 Å². The number of likely N-dealkylation sites (tertiary alicyclic amines) is 1. The lowest BCUT2D eigenvalue weighted by Gasteiger charge is -2.27. The molecule has 0 spiro atoms. The van der Waals surface area contributed by atoms with Crippen LogP contribution in [0, 0.1) is 11.6 Å². The highest BCUT2D eigenvalue weighted by Crippen LogP contribution is 2.38. The molecular formula is C18H16F3N5O. The molecule has 1 saturated heterocycles. The molecule has 3 heterocycles. The van der Waals surface area contributed by atoms with E-state index in [-0.39, 0.29) is 30.6 Å². The number of amides is 1. The van der Waals surface area contributed by atoms with E-state index < -0.39 is 29.8 Å². The van der Waals surface area contributed by atoms with E-state index in [0.29, 0.717) is 17.1 Å². The number of fused-ring (bicyclic) bond motifs is 1. The monoisotopic (exact) mass is 375 g/mol. The number of pyridine rings is 1. The number of amidine groups is 1. The Kier molecular flexibility index (Phi) is 4.31. The van der Waals surface area contributed by atoms with Crippen molar-refractivity contribution < 1.29 is 18.0 Å². The summed E-state index contributed by atoms with van der Waals surface area (Å²) in [4.78, 5) is 22.0. The van der Waals surface area contributed by atoms with Gasteiger partial charge in [-0.05, 0) is 24.3 Å². The second kappa shape index (κ2) is 6.66. The van der Waals surface area contributed by atoms with Crippen LogP contribution in [-0.2, 0) is 6.54 Å². The Balaban J connectivity index is 1.73. The van der Waals surface area contributed by atoms with Gasteiger partial charge in [-0.25, -0.2) is 19.0 Å². The Morgan fingerprint density at radius 1 is 1.30 bits per heavy atom. The molecule has 2 aromatic rings.